The normalized spacial score (nSPS) is 48.3. The number of hydrogen-bond acceptors (Lipinski definition) is 6. The van der Waals surface area contributed by atoms with Crippen molar-refractivity contribution in [1.29, 1.82) is 0 Å². The number of esters is 1. The molecular formula is C26H34O6. The van der Waals surface area contributed by atoms with Crippen molar-refractivity contribution in [2.24, 2.45) is 29.1 Å². The Morgan fingerprint density at radius 3 is 2.66 bits per heavy atom. The zero-order chi connectivity index (χ0) is 22.9. The summed E-state index contributed by atoms with van der Waals surface area (Å²) in [6.07, 6.45) is 9.20. The fourth-order valence-electron chi connectivity index (χ4n) is 8.15. The van der Waals surface area contributed by atoms with Crippen molar-refractivity contribution in [1.82, 2.24) is 0 Å². The standard InChI is InChI=1S/C26H34O6/c1-3-25(22(29)13-17(28)14-23(30)32-25)26(31)11-9-21-20-6-4-15-12-16(27)5-7-18(15)19(20)8-10-24(21,26)2/h4,6,12,17-21,28,31H,3,5,7-11,13-14H2,1-2H3/t17?,18?,19-,20-,21?,24-,25-,26-/m0/s1. The van der Waals surface area contributed by atoms with Crippen molar-refractivity contribution >= 4 is 17.5 Å². The predicted octanol–water partition coefficient (Wildman–Crippen LogP) is 3.05. The van der Waals surface area contributed by atoms with Crippen LogP contribution < -0.4 is 0 Å². The average Bonchev–Trinajstić information content (AvgIpc) is 2.96. The second kappa shape index (κ2) is 7.36. The number of allylic oxidation sites excluding steroid dienone is 4. The molecule has 2 N–H and O–H groups in total. The van der Waals surface area contributed by atoms with Crippen LogP contribution in [0.1, 0.15) is 71.6 Å². The van der Waals surface area contributed by atoms with Crippen molar-refractivity contribution in [2.75, 3.05) is 0 Å². The Balaban J connectivity index is 1.53. The number of aliphatic hydroxyl groups excluding tert-OH is 1. The molecule has 8 atom stereocenters. The second-order valence-corrected chi connectivity index (χ2v) is 11.0. The zero-order valence-electron chi connectivity index (χ0n) is 19.0. The SMILES string of the molecule is CC[C@]1([C@]2(O)CCC3[C@H]4C=CC5=CC(=O)CCC5[C@@H]4CC[C@@]32C)OC(=O)CC(O)CC1=O. The molecular weight excluding hydrogens is 408 g/mol. The molecule has 3 unspecified atom stereocenters. The number of carbonyl (C=O) groups is 3. The van der Waals surface area contributed by atoms with Crippen LogP contribution in [0, 0.1) is 29.1 Å². The number of carbonyl (C=O) groups excluding carboxylic acids is 3. The first-order chi connectivity index (χ1) is 15.1. The summed E-state index contributed by atoms with van der Waals surface area (Å²) in [5.74, 6) is 0.494. The van der Waals surface area contributed by atoms with Gasteiger partial charge in [0.15, 0.2) is 17.2 Å². The van der Waals surface area contributed by atoms with Gasteiger partial charge in [0.1, 0.15) is 5.60 Å². The summed E-state index contributed by atoms with van der Waals surface area (Å²) < 4.78 is 5.80. The highest BCUT2D eigenvalue weighted by Gasteiger charge is 2.72. The Labute approximate surface area is 189 Å². The number of rotatable bonds is 2. The molecule has 0 aromatic heterocycles. The monoisotopic (exact) mass is 442 g/mol. The Bertz CT molecular complexity index is 919. The van der Waals surface area contributed by atoms with Crippen LogP contribution in [0.4, 0.5) is 0 Å². The molecule has 0 radical (unpaired) electrons. The molecule has 5 rings (SSSR count). The maximum absolute atomic E-state index is 13.4. The zero-order valence-corrected chi connectivity index (χ0v) is 19.0. The molecule has 174 valence electrons. The van der Waals surface area contributed by atoms with E-state index in [1.807, 2.05) is 0 Å². The molecule has 6 heteroatoms. The number of hydrogen-bond donors (Lipinski definition) is 2. The Morgan fingerprint density at radius 1 is 1.12 bits per heavy atom. The largest absolute Gasteiger partial charge is 0.448 e. The van der Waals surface area contributed by atoms with Gasteiger partial charge in [0, 0.05) is 18.3 Å². The Hall–Kier alpha value is -1.79. The van der Waals surface area contributed by atoms with E-state index in [1.54, 1.807) is 13.0 Å². The fourth-order valence-corrected chi connectivity index (χ4v) is 8.15. The van der Waals surface area contributed by atoms with Gasteiger partial charge in [0.05, 0.1) is 12.5 Å². The summed E-state index contributed by atoms with van der Waals surface area (Å²) in [5.41, 5.74) is -2.51. The molecule has 3 fully saturated rings. The summed E-state index contributed by atoms with van der Waals surface area (Å²) in [5, 5.41) is 22.4. The van der Waals surface area contributed by atoms with Gasteiger partial charge in [-0.05, 0) is 73.8 Å². The first-order valence-electron chi connectivity index (χ1n) is 12.2. The summed E-state index contributed by atoms with van der Waals surface area (Å²) in [4.78, 5) is 37.8. The fraction of sp³-hybridized carbons (Fsp3) is 0.731. The molecule has 1 heterocycles. The lowest BCUT2D eigenvalue weighted by atomic mass is 9.50. The van der Waals surface area contributed by atoms with Gasteiger partial charge < -0.3 is 14.9 Å². The molecule has 0 amide bonds. The van der Waals surface area contributed by atoms with Crippen LogP contribution in [0.25, 0.3) is 0 Å². The molecule has 0 bridgehead atoms. The maximum Gasteiger partial charge on any atom is 0.309 e. The van der Waals surface area contributed by atoms with Crippen LogP contribution in [0.3, 0.4) is 0 Å². The lowest BCUT2D eigenvalue weighted by Crippen LogP contribution is -2.68. The molecule has 4 aliphatic carbocycles. The van der Waals surface area contributed by atoms with Crippen LogP contribution in [-0.2, 0) is 19.1 Å². The van der Waals surface area contributed by atoms with Crippen molar-refractivity contribution in [2.45, 2.75) is 88.9 Å². The van der Waals surface area contributed by atoms with E-state index in [-0.39, 0.29) is 42.7 Å². The quantitative estimate of drug-likeness (QED) is 0.638. The van der Waals surface area contributed by atoms with Crippen LogP contribution in [0.5, 0.6) is 0 Å². The van der Waals surface area contributed by atoms with E-state index in [0.717, 1.165) is 31.3 Å². The number of cyclic esters (lactones) is 1. The van der Waals surface area contributed by atoms with Gasteiger partial charge in [-0.3, -0.25) is 14.4 Å². The van der Waals surface area contributed by atoms with E-state index in [4.69, 9.17) is 4.74 Å². The summed E-state index contributed by atoms with van der Waals surface area (Å²) >= 11 is 0. The van der Waals surface area contributed by atoms with Crippen molar-refractivity contribution < 1.29 is 29.3 Å². The van der Waals surface area contributed by atoms with Crippen LogP contribution in [-0.4, -0.2) is 45.1 Å². The van der Waals surface area contributed by atoms with Gasteiger partial charge in [0.25, 0.3) is 0 Å². The molecule has 1 aliphatic heterocycles. The minimum Gasteiger partial charge on any atom is -0.448 e. The lowest BCUT2D eigenvalue weighted by Gasteiger charge is -2.57. The van der Waals surface area contributed by atoms with E-state index < -0.39 is 28.7 Å². The number of fused-ring (bicyclic) bond motifs is 5. The molecule has 0 aromatic rings. The Morgan fingerprint density at radius 2 is 1.91 bits per heavy atom. The molecule has 2 saturated carbocycles. The third-order valence-corrected chi connectivity index (χ3v) is 9.75. The molecule has 32 heavy (non-hydrogen) atoms. The van der Waals surface area contributed by atoms with Crippen LogP contribution in [0.2, 0.25) is 0 Å². The highest BCUT2D eigenvalue weighted by atomic mass is 16.6. The molecule has 6 nitrogen and oxygen atoms in total. The van der Waals surface area contributed by atoms with Gasteiger partial charge in [-0.15, -0.1) is 0 Å². The van der Waals surface area contributed by atoms with Gasteiger partial charge in [-0.25, -0.2) is 0 Å². The van der Waals surface area contributed by atoms with Gasteiger partial charge in [0.2, 0.25) is 0 Å². The summed E-state index contributed by atoms with van der Waals surface area (Å²) in [7, 11) is 0. The first-order valence-corrected chi connectivity index (χ1v) is 12.2. The van der Waals surface area contributed by atoms with E-state index in [0.29, 0.717) is 24.7 Å². The lowest BCUT2D eigenvalue weighted by molar-refractivity contribution is -0.230. The van der Waals surface area contributed by atoms with E-state index in [1.165, 1.54) is 0 Å². The Kier molecular flexibility index (Phi) is 5.06. The smallest absolute Gasteiger partial charge is 0.309 e. The second-order valence-electron chi connectivity index (χ2n) is 11.0. The number of aliphatic hydroxyl groups is 2. The third kappa shape index (κ3) is 2.81. The summed E-state index contributed by atoms with van der Waals surface area (Å²) in [6, 6.07) is 0. The van der Waals surface area contributed by atoms with Crippen LogP contribution in [0.15, 0.2) is 23.8 Å². The average molecular weight is 443 g/mol. The van der Waals surface area contributed by atoms with Crippen molar-refractivity contribution in [3.05, 3.63) is 23.8 Å². The first kappa shape index (κ1) is 22.0. The molecule has 1 saturated heterocycles. The minimum atomic E-state index is -1.61. The highest BCUT2D eigenvalue weighted by molar-refractivity contribution is 5.93. The number of ketones is 2. The molecule has 5 aliphatic rings. The van der Waals surface area contributed by atoms with Gasteiger partial charge >= 0.3 is 5.97 Å². The molecule has 0 spiro atoms. The topological polar surface area (TPSA) is 101 Å². The molecule has 0 aromatic carbocycles. The van der Waals surface area contributed by atoms with E-state index >= 15 is 0 Å². The third-order valence-electron chi connectivity index (χ3n) is 9.75. The minimum absolute atomic E-state index is 0.168. The maximum atomic E-state index is 13.4. The van der Waals surface area contributed by atoms with Gasteiger partial charge in [-0.1, -0.05) is 26.0 Å². The number of ether oxygens (including phenoxy) is 1. The predicted molar refractivity (Wildman–Crippen MR) is 116 cm³/mol. The highest BCUT2D eigenvalue weighted by Crippen LogP contribution is 2.67. The van der Waals surface area contributed by atoms with Crippen molar-refractivity contribution in [3.63, 3.8) is 0 Å². The number of Topliss-reactive ketones (excluding diaryl/α,β-unsaturated/α-hetero) is 1. The van der Waals surface area contributed by atoms with Crippen molar-refractivity contribution in [3.8, 4) is 0 Å². The summed E-state index contributed by atoms with van der Waals surface area (Å²) in [6.45, 7) is 3.87. The van der Waals surface area contributed by atoms with Crippen LogP contribution >= 0.6 is 0 Å². The van der Waals surface area contributed by atoms with Gasteiger partial charge in [-0.2, -0.15) is 0 Å². The van der Waals surface area contributed by atoms with E-state index in [9.17, 15) is 24.6 Å². The van der Waals surface area contributed by atoms with E-state index in [2.05, 4.69) is 19.1 Å².